The fraction of sp³-hybridized carbons (Fsp3) is 0. The van der Waals surface area contributed by atoms with E-state index in [0.717, 1.165) is 24.6 Å². The van der Waals surface area contributed by atoms with Gasteiger partial charge >= 0.3 is 0 Å². The Hall–Kier alpha value is -2.23. The van der Waals surface area contributed by atoms with Crippen molar-refractivity contribution in [2.24, 2.45) is 10.2 Å². The number of allylic oxidation sites excluding steroid dienone is 2. The summed E-state index contributed by atoms with van der Waals surface area (Å²) in [5.41, 5.74) is 15.6. The summed E-state index contributed by atoms with van der Waals surface area (Å²) in [4.78, 5) is 15.4. The van der Waals surface area contributed by atoms with E-state index in [1.165, 1.54) is 0 Å². The molecule has 0 aromatic rings. The van der Waals surface area contributed by atoms with Crippen LogP contribution in [0.1, 0.15) is 0 Å². The van der Waals surface area contributed by atoms with Gasteiger partial charge in [0.25, 0.3) is 0 Å². The van der Waals surface area contributed by atoms with E-state index in [1.54, 1.807) is 0 Å². The molecule has 0 radical (unpaired) electrons. The van der Waals surface area contributed by atoms with Crippen LogP contribution in [-0.2, 0) is 4.79 Å². The molecule has 12 heavy (non-hydrogen) atoms. The van der Waals surface area contributed by atoms with Crippen molar-refractivity contribution in [3.8, 4) is 0 Å². The quantitative estimate of drug-likeness (QED) is 0.269. The summed E-state index contributed by atoms with van der Waals surface area (Å²) >= 11 is 0. The lowest BCUT2D eigenvalue weighted by molar-refractivity contribution is -0.110. The van der Waals surface area contributed by atoms with E-state index in [-0.39, 0.29) is 0 Å². The summed E-state index contributed by atoms with van der Waals surface area (Å²) < 4.78 is 0. The topological polar surface area (TPSA) is 115 Å². The Kier molecular flexibility index (Phi) is 5.60. The number of ketones is 1. The number of carbonyl (C=O) groups is 1. The van der Waals surface area contributed by atoms with Crippen LogP contribution in [-0.4, -0.2) is 5.78 Å². The summed E-state index contributed by atoms with van der Waals surface area (Å²) in [6.07, 6.45) is 4.09. The van der Waals surface area contributed by atoms with Crippen molar-refractivity contribution >= 4 is 5.78 Å². The summed E-state index contributed by atoms with van der Waals surface area (Å²) in [6, 6.07) is 0. The predicted octanol–water partition coefficient (Wildman–Crippen LogP) is 2.20. The molecule has 0 N–H and O–H groups in total. The first-order valence-electron chi connectivity index (χ1n) is 2.76. The molecule has 0 rings (SSSR count). The minimum Gasteiger partial charge on any atom is -0.290 e. The smallest absolute Gasteiger partial charge is 0.178 e. The van der Waals surface area contributed by atoms with Gasteiger partial charge in [-0.1, -0.05) is 10.2 Å². The molecule has 0 saturated heterocycles. The molecule has 0 bridgehead atoms. The molecule has 0 saturated carbocycles. The monoisotopic (exact) mass is 164 g/mol. The van der Waals surface area contributed by atoms with Crippen LogP contribution >= 0.6 is 0 Å². The van der Waals surface area contributed by atoms with Crippen molar-refractivity contribution in [1.82, 2.24) is 0 Å². The number of hydrogen-bond donors (Lipinski definition) is 0. The van der Waals surface area contributed by atoms with E-state index in [2.05, 4.69) is 20.1 Å². The van der Waals surface area contributed by atoms with Gasteiger partial charge in [0.05, 0.1) is 0 Å². The molecule has 0 aliphatic rings. The molecule has 0 spiro atoms. The maximum atomic E-state index is 10.7. The van der Waals surface area contributed by atoms with Crippen LogP contribution in [0.15, 0.2) is 34.8 Å². The maximum absolute atomic E-state index is 10.7. The minimum absolute atomic E-state index is 0.421. The van der Waals surface area contributed by atoms with E-state index in [1.807, 2.05) is 0 Å². The lowest BCUT2D eigenvalue weighted by Crippen LogP contribution is -1.82. The van der Waals surface area contributed by atoms with Gasteiger partial charge in [0.2, 0.25) is 0 Å². The van der Waals surface area contributed by atoms with Crippen molar-refractivity contribution < 1.29 is 4.79 Å². The van der Waals surface area contributed by atoms with Crippen LogP contribution in [0.2, 0.25) is 0 Å². The second kappa shape index (κ2) is 6.88. The molecular weight excluding hydrogens is 160 g/mol. The summed E-state index contributed by atoms with van der Waals surface area (Å²) in [5, 5.41) is 5.96. The molecule has 7 heteroatoms. The highest BCUT2D eigenvalue weighted by Gasteiger charge is 1.83. The average molecular weight is 164 g/mol. The first-order chi connectivity index (χ1) is 5.81. The molecule has 0 unspecified atom stereocenters. The van der Waals surface area contributed by atoms with E-state index in [9.17, 15) is 4.79 Å². The zero-order chi connectivity index (χ0) is 9.23. The summed E-state index contributed by atoms with van der Waals surface area (Å²) in [7, 11) is 0. The first-order valence-corrected chi connectivity index (χ1v) is 2.76. The molecule has 0 amide bonds. The van der Waals surface area contributed by atoms with Crippen molar-refractivity contribution in [1.29, 1.82) is 0 Å². The number of hydrogen-bond acceptors (Lipinski definition) is 3. The Labute approximate surface area is 67.2 Å². The highest BCUT2D eigenvalue weighted by molar-refractivity contribution is 5.98. The number of carbonyl (C=O) groups excluding carboxylic acids is 1. The van der Waals surface area contributed by atoms with Gasteiger partial charge in [-0.05, 0) is 23.2 Å². The van der Waals surface area contributed by atoms with E-state index in [4.69, 9.17) is 11.1 Å². The van der Waals surface area contributed by atoms with Gasteiger partial charge in [-0.3, -0.25) is 4.79 Å². The second-order valence-electron chi connectivity index (χ2n) is 1.44. The third-order valence-corrected chi connectivity index (χ3v) is 0.714. The molecule has 7 nitrogen and oxygen atoms in total. The number of azide groups is 2. The van der Waals surface area contributed by atoms with Crippen molar-refractivity contribution in [2.45, 2.75) is 0 Å². The normalized spacial score (nSPS) is 9.33. The second-order valence-corrected chi connectivity index (χ2v) is 1.44. The Bertz CT molecular complexity index is 274. The van der Waals surface area contributed by atoms with Crippen molar-refractivity contribution in [3.63, 3.8) is 0 Å². The Morgan fingerprint density at radius 1 is 1.08 bits per heavy atom. The van der Waals surface area contributed by atoms with Gasteiger partial charge in [-0.2, -0.15) is 0 Å². The Balaban J connectivity index is 4.05. The third-order valence-electron chi connectivity index (χ3n) is 0.714. The summed E-state index contributed by atoms with van der Waals surface area (Å²) in [5.74, 6) is -0.421. The molecular formula is C5H4N6O. The molecule has 0 fully saturated rings. The van der Waals surface area contributed by atoms with Crippen LogP contribution in [0.3, 0.4) is 0 Å². The highest BCUT2D eigenvalue weighted by atomic mass is 16.1. The maximum Gasteiger partial charge on any atom is 0.178 e. The Morgan fingerprint density at radius 3 is 1.83 bits per heavy atom. The Morgan fingerprint density at radius 2 is 1.50 bits per heavy atom. The zero-order valence-electron chi connectivity index (χ0n) is 5.90. The van der Waals surface area contributed by atoms with Crippen LogP contribution in [0.4, 0.5) is 0 Å². The standard InChI is InChI=1S/C5H4N6O/c6-10-8-3-1-5(12)2-4-9-11-7/h1-4H. The molecule has 0 aromatic carbocycles. The van der Waals surface area contributed by atoms with Crippen LogP contribution < -0.4 is 0 Å². The molecule has 0 aliphatic heterocycles. The molecule has 0 atom stereocenters. The first kappa shape index (κ1) is 9.77. The lowest BCUT2D eigenvalue weighted by Gasteiger charge is -1.76. The van der Waals surface area contributed by atoms with Crippen LogP contribution in [0.25, 0.3) is 20.9 Å². The van der Waals surface area contributed by atoms with Crippen LogP contribution in [0, 0.1) is 0 Å². The minimum atomic E-state index is -0.421. The molecule has 60 valence electrons. The van der Waals surface area contributed by atoms with Gasteiger partial charge in [0, 0.05) is 22.2 Å². The fourth-order valence-corrected chi connectivity index (χ4v) is 0.329. The van der Waals surface area contributed by atoms with Gasteiger partial charge < -0.3 is 0 Å². The van der Waals surface area contributed by atoms with Crippen molar-refractivity contribution in [3.05, 3.63) is 45.4 Å². The van der Waals surface area contributed by atoms with Gasteiger partial charge in [0.1, 0.15) is 0 Å². The van der Waals surface area contributed by atoms with E-state index in [0.29, 0.717) is 0 Å². The van der Waals surface area contributed by atoms with E-state index < -0.39 is 5.78 Å². The number of nitrogens with zero attached hydrogens (tertiary/aromatic N) is 6. The molecule has 0 aromatic heterocycles. The summed E-state index contributed by atoms with van der Waals surface area (Å²) in [6.45, 7) is 0. The lowest BCUT2D eigenvalue weighted by atomic mass is 10.4. The highest BCUT2D eigenvalue weighted by Crippen LogP contribution is 1.83. The SMILES string of the molecule is [N-]=[N+]=NC=CC(=O)C=CN=[N+]=[N-]. The average Bonchev–Trinajstić information content (AvgIpc) is 2.06. The molecule has 0 heterocycles. The van der Waals surface area contributed by atoms with Crippen LogP contribution in [0.5, 0.6) is 0 Å². The van der Waals surface area contributed by atoms with E-state index >= 15 is 0 Å². The number of rotatable bonds is 4. The van der Waals surface area contributed by atoms with Gasteiger partial charge in [-0.15, -0.1) is 0 Å². The zero-order valence-corrected chi connectivity index (χ0v) is 5.90. The van der Waals surface area contributed by atoms with Crippen molar-refractivity contribution in [2.75, 3.05) is 0 Å². The fourth-order valence-electron chi connectivity index (χ4n) is 0.329. The predicted molar refractivity (Wildman–Crippen MR) is 41.6 cm³/mol. The van der Waals surface area contributed by atoms with Gasteiger partial charge in [-0.25, -0.2) is 0 Å². The third kappa shape index (κ3) is 5.90. The largest absolute Gasteiger partial charge is 0.290 e. The molecule has 0 aliphatic carbocycles. The van der Waals surface area contributed by atoms with Gasteiger partial charge in [0.15, 0.2) is 5.78 Å².